The Morgan fingerprint density at radius 3 is 1.42 bits per heavy atom. The van der Waals surface area contributed by atoms with Gasteiger partial charge in [0, 0.05) is 24.3 Å². The first-order chi connectivity index (χ1) is 22.0. The fourth-order valence-electron chi connectivity index (χ4n) is 3.58. The van der Waals surface area contributed by atoms with E-state index in [2.05, 4.69) is 5.32 Å². The van der Waals surface area contributed by atoms with Crippen LogP contribution in [0, 0.1) is 0 Å². The smallest absolute Gasteiger partial charge is 0.305 e. The predicted molar refractivity (Wildman–Crippen MR) is 159 cm³/mol. The van der Waals surface area contributed by atoms with E-state index in [1.165, 1.54) is 18.2 Å². The summed E-state index contributed by atoms with van der Waals surface area (Å²) in [6, 6.07) is 6.30. The van der Waals surface area contributed by atoms with Crippen molar-refractivity contribution in [3.8, 4) is 0 Å². The molecule has 0 atom stereocenters. The molecule has 2 rings (SSSR count). The molecule has 45 heavy (non-hydrogen) atoms. The van der Waals surface area contributed by atoms with Gasteiger partial charge in [-0.15, -0.1) is 0 Å². The first-order valence-corrected chi connectivity index (χ1v) is 14.8. The minimum absolute atomic E-state index is 0.0140. The van der Waals surface area contributed by atoms with Gasteiger partial charge in [-0.1, -0.05) is 6.07 Å². The van der Waals surface area contributed by atoms with Gasteiger partial charge in [0.1, 0.15) is 0 Å². The van der Waals surface area contributed by atoms with Crippen LogP contribution in [0.15, 0.2) is 36.4 Å². The molecule has 1 aromatic rings. The van der Waals surface area contributed by atoms with Crippen molar-refractivity contribution in [2.45, 2.75) is 6.42 Å². The molecule has 0 unspecified atom stereocenters. The number of hydrogen-bond acceptors (Lipinski definition) is 12. The SMILES string of the molecule is O=C(O)CCOCCOCCOCCOCCOCCOCCOCCOCCNC(=O)c1cccc(N2C(=O)C=CC2=O)c1. The molecule has 0 aliphatic carbocycles. The molecule has 1 aliphatic rings. The summed E-state index contributed by atoms with van der Waals surface area (Å²) in [5, 5.41) is 11.2. The highest BCUT2D eigenvalue weighted by molar-refractivity contribution is 6.28. The zero-order chi connectivity index (χ0) is 32.4. The molecule has 15 nitrogen and oxygen atoms in total. The third kappa shape index (κ3) is 18.3. The van der Waals surface area contributed by atoms with E-state index in [1.54, 1.807) is 18.2 Å². The summed E-state index contributed by atoms with van der Waals surface area (Å²) >= 11 is 0. The molecule has 252 valence electrons. The molecule has 0 radical (unpaired) electrons. The molecule has 0 spiro atoms. The van der Waals surface area contributed by atoms with Crippen molar-refractivity contribution in [2.24, 2.45) is 0 Å². The van der Waals surface area contributed by atoms with Crippen LogP contribution in [0.2, 0.25) is 0 Å². The summed E-state index contributed by atoms with van der Waals surface area (Å²) in [6.45, 7) is 6.69. The van der Waals surface area contributed by atoms with Gasteiger partial charge in [-0.2, -0.15) is 0 Å². The Bertz CT molecular complexity index is 1020. The van der Waals surface area contributed by atoms with Crippen LogP contribution in [0.25, 0.3) is 0 Å². The number of carbonyl (C=O) groups is 4. The molecule has 0 aromatic heterocycles. The van der Waals surface area contributed by atoms with Gasteiger partial charge in [0.05, 0.1) is 118 Å². The lowest BCUT2D eigenvalue weighted by atomic mass is 10.1. The number of carboxylic acid groups (broad SMARTS) is 1. The van der Waals surface area contributed by atoms with Crippen LogP contribution >= 0.6 is 0 Å². The lowest BCUT2D eigenvalue weighted by Gasteiger charge is -2.14. The van der Waals surface area contributed by atoms with Crippen LogP contribution in [0.1, 0.15) is 16.8 Å². The van der Waals surface area contributed by atoms with Crippen molar-refractivity contribution < 1.29 is 62.2 Å². The predicted octanol–water partition coefficient (Wildman–Crippen LogP) is 0.453. The maximum absolute atomic E-state index is 12.4. The number of rotatable bonds is 29. The minimum Gasteiger partial charge on any atom is -0.481 e. The molecule has 1 aromatic carbocycles. The van der Waals surface area contributed by atoms with Gasteiger partial charge in [-0.25, -0.2) is 4.90 Å². The van der Waals surface area contributed by atoms with Crippen molar-refractivity contribution in [2.75, 3.05) is 117 Å². The minimum atomic E-state index is -0.885. The highest BCUT2D eigenvalue weighted by Crippen LogP contribution is 2.20. The van der Waals surface area contributed by atoms with Crippen LogP contribution in [-0.4, -0.2) is 141 Å². The third-order valence-corrected chi connectivity index (χ3v) is 5.77. The van der Waals surface area contributed by atoms with E-state index in [0.717, 1.165) is 4.90 Å². The number of amides is 3. The fraction of sp³-hybridized carbons (Fsp3) is 0.600. The van der Waals surface area contributed by atoms with Crippen molar-refractivity contribution >= 4 is 29.4 Å². The molecule has 0 saturated heterocycles. The van der Waals surface area contributed by atoms with E-state index < -0.39 is 17.8 Å². The number of anilines is 1. The summed E-state index contributed by atoms with van der Waals surface area (Å²) in [6.07, 6.45) is 2.37. The average molecular weight is 641 g/mol. The first kappa shape index (κ1) is 37.9. The van der Waals surface area contributed by atoms with Crippen LogP contribution in [0.5, 0.6) is 0 Å². The number of carboxylic acids is 1. The Balaban J connectivity index is 1.27. The summed E-state index contributed by atoms with van der Waals surface area (Å²) < 4.78 is 43.0. The monoisotopic (exact) mass is 640 g/mol. The highest BCUT2D eigenvalue weighted by atomic mass is 16.6. The zero-order valence-corrected chi connectivity index (χ0v) is 25.5. The van der Waals surface area contributed by atoms with E-state index >= 15 is 0 Å². The number of nitrogens with one attached hydrogen (secondary N) is 1. The molecule has 0 saturated carbocycles. The number of benzene rings is 1. The van der Waals surface area contributed by atoms with Crippen LogP contribution in [0.4, 0.5) is 5.69 Å². The molecule has 15 heteroatoms. The number of imide groups is 1. The van der Waals surface area contributed by atoms with Crippen LogP contribution in [0.3, 0.4) is 0 Å². The Labute approximate surface area is 262 Å². The number of carbonyl (C=O) groups excluding carboxylic acids is 3. The first-order valence-electron chi connectivity index (χ1n) is 14.8. The van der Waals surface area contributed by atoms with E-state index in [9.17, 15) is 19.2 Å². The number of hydrogen-bond donors (Lipinski definition) is 2. The van der Waals surface area contributed by atoms with E-state index in [1.807, 2.05) is 0 Å². The van der Waals surface area contributed by atoms with E-state index in [0.29, 0.717) is 117 Å². The fourth-order valence-corrected chi connectivity index (χ4v) is 3.58. The number of ether oxygens (including phenoxy) is 8. The van der Waals surface area contributed by atoms with E-state index in [4.69, 9.17) is 43.0 Å². The van der Waals surface area contributed by atoms with Crippen LogP contribution < -0.4 is 10.2 Å². The second kappa shape index (κ2) is 25.0. The maximum atomic E-state index is 12.4. The summed E-state index contributed by atoms with van der Waals surface area (Å²) in [5.41, 5.74) is 0.674. The molecule has 3 amide bonds. The van der Waals surface area contributed by atoms with Gasteiger partial charge in [0.2, 0.25) is 0 Å². The van der Waals surface area contributed by atoms with Gasteiger partial charge in [0.25, 0.3) is 17.7 Å². The van der Waals surface area contributed by atoms with Crippen molar-refractivity contribution in [3.63, 3.8) is 0 Å². The standard InChI is InChI=1S/C30H44N2O13/c33-27-4-5-28(34)32(27)26-3-1-2-25(24-26)30(37)31-7-9-39-11-13-41-15-17-43-19-21-45-23-22-44-20-18-42-16-14-40-12-10-38-8-6-29(35)36/h1-5,24H,6-23H2,(H,31,37)(H,35,36). The summed E-state index contributed by atoms with van der Waals surface area (Å²) in [4.78, 5) is 47.4. The highest BCUT2D eigenvalue weighted by Gasteiger charge is 2.25. The van der Waals surface area contributed by atoms with Gasteiger partial charge < -0.3 is 48.3 Å². The molecular weight excluding hydrogens is 596 g/mol. The van der Waals surface area contributed by atoms with E-state index in [-0.39, 0.29) is 18.9 Å². The zero-order valence-electron chi connectivity index (χ0n) is 25.5. The largest absolute Gasteiger partial charge is 0.481 e. The van der Waals surface area contributed by atoms with Gasteiger partial charge in [0.15, 0.2) is 0 Å². The van der Waals surface area contributed by atoms with Gasteiger partial charge in [-0.3, -0.25) is 19.2 Å². The van der Waals surface area contributed by atoms with Gasteiger partial charge in [-0.05, 0) is 18.2 Å². The molecule has 2 N–H and O–H groups in total. The Kier molecular flexibility index (Phi) is 21.0. The Hall–Kier alpha value is -3.28. The lowest BCUT2D eigenvalue weighted by molar-refractivity contribution is -0.138. The van der Waals surface area contributed by atoms with Crippen molar-refractivity contribution in [3.05, 3.63) is 42.0 Å². The number of aliphatic carboxylic acids is 1. The molecule has 0 bridgehead atoms. The second-order valence-corrected chi connectivity index (χ2v) is 9.19. The average Bonchev–Trinajstić information content (AvgIpc) is 3.37. The lowest BCUT2D eigenvalue weighted by Crippen LogP contribution is -2.30. The third-order valence-electron chi connectivity index (χ3n) is 5.77. The molecule has 0 fully saturated rings. The maximum Gasteiger partial charge on any atom is 0.305 e. The molecule has 1 heterocycles. The Morgan fingerprint density at radius 2 is 1.00 bits per heavy atom. The van der Waals surface area contributed by atoms with Gasteiger partial charge >= 0.3 is 5.97 Å². The Morgan fingerprint density at radius 1 is 0.600 bits per heavy atom. The normalized spacial score (nSPS) is 12.8. The number of nitrogens with zero attached hydrogens (tertiary/aromatic N) is 1. The second-order valence-electron chi connectivity index (χ2n) is 9.19. The van der Waals surface area contributed by atoms with Crippen molar-refractivity contribution in [1.29, 1.82) is 0 Å². The summed E-state index contributed by atoms with van der Waals surface area (Å²) in [5.74, 6) is -2.10. The topological polar surface area (TPSA) is 178 Å². The van der Waals surface area contributed by atoms with Crippen molar-refractivity contribution in [1.82, 2.24) is 5.32 Å². The van der Waals surface area contributed by atoms with Crippen LogP contribution in [-0.2, 0) is 52.3 Å². The molecular formula is C30H44N2O13. The molecule has 1 aliphatic heterocycles. The quantitative estimate of drug-likeness (QED) is 0.0912. The summed E-state index contributed by atoms with van der Waals surface area (Å²) in [7, 11) is 0.